The summed E-state index contributed by atoms with van der Waals surface area (Å²) in [5.41, 5.74) is -0.0409. The van der Waals surface area contributed by atoms with Gasteiger partial charge in [0.15, 0.2) is 5.60 Å². The van der Waals surface area contributed by atoms with Crippen molar-refractivity contribution in [3.63, 3.8) is 0 Å². The van der Waals surface area contributed by atoms with Gasteiger partial charge in [-0.1, -0.05) is 30.3 Å². The highest BCUT2D eigenvalue weighted by Crippen LogP contribution is 2.37. The second kappa shape index (κ2) is 14.5. The van der Waals surface area contributed by atoms with Crippen molar-refractivity contribution in [1.82, 2.24) is 15.2 Å². The minimum atomic E-state index is -4.44. The number of rotatable bonds is 11. The van der Waals surface area contributed by atoms with E-state index in [4.69, 9.17) is 14.5 Å². The fraction of sp³-hybridized carbons (Fsp3) is 0.324. The Hall–Kier alpha value is -3.91. The number of piperazine rings is 1. The molecule has 1 aliphatic rings. The molecular weight excluding hydrogens is 652 g/mol. The molecule has 1 saturated heterocycles. The molecule has 8 nitrogen and oxygen atoms in total. The Kier molecular flexibility index (Phi) is 10.6. The van der Waals surface area contributed by atoms with E-state index >= 15 is 0 Å². The fourth-order valence-corrected chi connectivity index (χ4v) is 7.04. The zero-order valence-electron chi connectivity index (χ0n) is 26.0. The van der Waals surface area contributed by atoms with Crippen molar-refractivity contribution in [3.8, 4) is 22.1 Å². The molecule has 0 saturated carbocycles. The Labute approximate surface area is 278 Å². The largest absolute Gasteiger partial charge is 0.478 e. The SMILES string of the molecule is Cc1cc(SCc2sc(-c3ccc(C(F)(F)F)cc3)nc2CN2CCNCC2C(=O)Oc2ccccc2)ccc1OC(C)(C)C(=O)O. The molecule has 0 spiro atoms. The number of benzene rings is 3. The summed E-state index contributed by atoms with van der Waals surface area (Å²) in [4.78, 5) is 33.5. The van der Waals surface area contributed by atoms with Crippen LogP contribution in [0.25, 0.3) is 10.6 Å². The number of halogens is 3. The monoisotopic (exact) mass is 685 g/mol. The Balaban J connectivity index is 1.39. The summed E-state index contributed by atoms with van der Waals surface area (Å²) in [7, 11) is 0. The summed E-state index contributed by atoms with van der Waals surface area (Å²) in [6, 6.07) is 18.8. The molecule has 5 rings (SSSR count). The average molecular weight is 686 g/mol. The highest BCUT2D eigenvalue weighted by atomic mass is 32.2. The molecule has 1 atom stereocenters. The number of carboxylic acid groups (broad SMARTS) is 1. The lowest BCUT2D eigenvalue weighted by Crippen LogP contribution is -2.55. The number of hydrogen-bond donors (Lipinski definition) is 2. The number of aryl methyl sites for hydroxylation is 1. The average Bonchev–Trinajstić information content (AvgIpc) is 3.44. The molecule has 4 aromatic rings. The maximum atomic E-state index is 13.2. The number of esters is 1. The summed E-state index contributed by atoms with van der Waals surface area (Å²) < 4.78 is 51.1. The molecule has 2 N–H and O–H groups in total. The van der Waals surface area contributed by atoms with Crippen LogP contribution in [0.3, 0.4) is 0 Å². The van der Waals surface area contributed by atoms with E-state index in [0.29, 0.717) is 54.0 Å². The molecule has 0 radical (unpaired) electrons. The fourth-order valence-electron chi connectivity index (χ4n) is 4.87. The molecular formula is C34H34F3N3O5S2. The van der Waals surface area contributed by atoms with Crippen molar-refractivity contribution in [2.24, 2.45) is 0 Å². The number of thiazole rings is 1. The van der Waals surface area contributed by atoms with Crippen LogP contribution < -0.4 is 14.8 Å². The molecule has 47 heavy (non-hydrogen) atoms. The predicted octanol–water partition coefficient (Wildman–Crippen LogP) is 7.05. The number of nitrogens with zero attached hydrogens (tertiary/aromatic N) is 2. The minimum absolute atomic E-state index is 0.347. The van der Waals surface area contributed by atoms with E-state index in [0.717, 1.165) is 33.2 Å². The van der Waals surface area contributed by atoms with Crippen LogP contribution in [0.15, 0.2) is 77.7 Å². The van der Waals surface area contributed by atoms with Crippen LogP contribution in [0.1, 0.15) is 35.5 Å². The number of ether oxygens (including phenoxy) is 2. The lowest BCUT2D eigenvalue weighted by atomic mass is 10.1. The number of aromatic nitrogens is 1. The first-order chi connectivity index (χ1) is 22.3. The van der Waals surface area contributed by atoms with E-state index in [1.165, 1.54) is 37.3 Å². The van der Waals surface area contributed by atoms with Gasteiger partial charge < -0.3 is 19.9 Å². The van der Waals surface area contributed by atoms with E-state index < -0.39 is 29.4 Å². The molecule has 0 bridgehead atoms. The van der Waals surface area contributed by atoms with Gasteiger partial charge in [-0.25, -0.2) is 14.6 Å². The van der Waals surface area contributed by atoms with Crippen molar-refractivity contribution < 1.29 is 37.3 Å². The first-order valence-corrected chi connectivity index (χ1v) is 16.6. The van der Waals surface area contributed by atoms with E-state index in [-0.39, 0.29) is 5.97 Å². The van der Waals surface area contributed by atoms with E-state index in [1.807, 2.05) is 30.0 Å². The van der Waals surface area contributed by atoms with Crippen LogP contribution in [-0.2, 0) is 28.1 Å². The molecule has 13 heteroatoms. The molecule has 3 aromatic carbocycles. The zero-order valence-corrected chi connectivity index (χ0v) is 27.6. The topological polar surface area (TPSA) is 101 Å². The maximum absolute atomic E-state index is 13.2. The van der Waals surface area contributed by atoms with Gasteiger partial charge in [0.2, 0.25) is 0 Å². The number of carbonyl (C=O) groups is 2. The molecule has 1 fully saturated rings. The third-order valence-corrected chi connectivity index (χ3v) is 9.92. The van der Waals surface area contributed by atoms with Crippen LogP contribution >= 0.6 is 23.1 Å². The van der Waals surface area contributed by atoms with Crippen LogP contribution in [0.2, 0.25) is 0 Å². The van der Waals surface area contributed by atoms with Gasteiger partial charge in [0.1, 0.15) is 22.5 Å². The summed E-state index contributed by atoms with van der Waals surface area (Å²) in [5.74, 6) is -0.0223. The van der Waals surface area contributed by atoms with Gasteiger partial charge in [-0.05, 0) is 68.8 Å². The van der Waals surface area contributed by atoms with E-state index in [9.17, 15) is 27.9 Å². The number of alkyl halides is 3. The van der Waals surface area contributed by atoms with Crippen molar-refractivity contribution in [2.75, 3.05) is 19.6 Å². The molecule has 0 aliphatic carbocycles. The molecule has 1 unspecified atom stereocenters. The first kappa shape index (κ1) is 34.4. The highest BCUT2D eigenvalue weighted by Gasteiger charge is 2.33. The quantitative estimate of drug-likeness (QED) is 0.0978. The summed E-state index contributed by atoms with van der Waals surface area (Å²) in [6.07, 6.45) is -4.44. The summed E-state index contributed by atoms with van der Waals surface area (Å²) in [5, 5.41) is 13.3. The number of thioether (sulfide) groups is 1. The van der Waals surface area contributed by atoms with E-state index in [2.05, 4.69) is 5.32 Å². The van der Waals surface area contributed by atoms with E-state index in [1.54, 1.807) is 42.1 Å². The van der Waals surface area contributed by atoms with Crippen molar-refractivity contribution >= 4 is 35.0 Å². The molecule has 0 amide bonds. The van der Waals surface area contributed by atoms with Gasteiger partial charge in [-0.2, -0.15) is 13.2 Å². The van der Waals surface area contributed by atoms with Crippen molar-refractivity contribution in [3.05, 3.63) is 94.5 Å². The number of para-hydroxylation sites is 1. The second-order valence-electron chi connectivity index (χ2n) is 11.5. The third-order valence-electron chi connectivity index (χ3n) is 7.57. The first-order valence-electron chi connectivity index (χ1n) is 14.8. The van der Waals surface area contributed by atoms with Gasteiger partial charge >= 0.3 is 18.1 Å². The predicted molar refractivity (Wildman–Crippen MR) is 175 cm³/mol. The normalized spacial score (nSPS) is 15.7. The third kappa shape index (κ3) is 8.72. The Morgan fingerprint density at radius 2 is 1.81 bits per heavy atom. The van der Waals surface area contributed by atoms with Crippen molar-refractivity contribution in [2.45, 2.75) is 55.8 Å². The van der Waals surface area contributed by atoms with Gasteiger partial charge in [-0.3, -0.25) is 4.90 Å². The molecule has 248 valence electrons. The number of carbonyl (C=O) groups excluding carboxylic acids is 1. The minimum Gasteiger partial charge on any atom is -0.478 e. The summed E-state index contributed by atoms with van der Waals surface area (Å²) in [6.45, 7) is 6.81. The van der Waals surface area contributed by atoms with Crippen LogP contribution in [0.4, 0.5) is 13.2 Å². The Morgan fingerprint density at radius 1 is 1.09 bits per heavy atom. The van der Waals surface area contributed by atoms with Crippen LogP contribution in [-0.4, -0.2) is 58.2 Å². The Morgan fingerprint density at radius 3 is 2.47 bits per heavy atom. The standard InChI is InChI=1S/C34H34F3N3O5S2/c1-21-17-25(13-14-28(21)45-33(2,3)32(42)43)46-20-29-26(39-30(47-29)22-9-11-23(12-10-22)34(35,36)37)19-40-16-15-38-18-27(40)31(41)44-24-7-5-4-6-8-24/h4-14,17,27,38H,15-16,18-20H2,1-3H3,(H,42,43). The van der Waals surface area contributed by atoms with Gasteiger partial charge in [-0.15, -0.1) is 23.1 Å². The smallest absolute Gasteiger partial charge is 0.416 e. The maximum Gasteiger partial charge on any atom is 0.416 e. The number of aliphatic carboxylic acids is 1. The number of hydrogen-bond acceptors (Lipinski definition) is 9. The Bertz CT molecular complexity index is 1710. The summed E-state index contributed by atoms with van der Waals surface area (Å²) >= 11 is 2.95. The highest BCUT2D eigenvalue weighted by molar-refractivity contribution is 7.98. The number of carboxylic acids is 1. The molecule has 2 heterocycles. The zero-order chi connectivity index (χ0) is 33.8. The molecule has 1 aliphatic heterocycles. The van der Waals surface area contributed by atoms with Crippen LogP contribution in [0, 0.1) is 6.92 Å². The van der Waals surface area contributed by atoms with Gasteiger partial charge in [0.05, 0.1) is 11.3 Å². The lowest BCUT2D eigenvalue weighted by Gasteiger charge is -2.34. The molecule has 1 aromatic heterocycles. The number of nitrogens with one attached hydrogen (secondary N) is 1. The van der Waals surface area contributed by atoms with Gasteiger partial charge in [0, 0.05) is 47.3 Å². The van der Waals surface area contributed by atoms with Gasteiger partial charge in [0.25, 0.3) is 0 Å². The van der Waals surface area contributed by atoms with Crippen molar-refractivity contribution in [1.29, 1.82) is 0 Å². The lowest BCUT2D eigenvalue weighted by molar-refractivity contribution is -0.152. The second-order valence-corrected chi connectivity index (χ2v) is 13.7. The van der Waals surface area contributed by atoms with Crippen LogP contribution in [0.5, 0.6) is 11.5 Å².